The Balaban J connectivity index is 2.00. The molecule has 100 valence electrons. The molecule has 4 heteroatoms. The first kappa shape index (κ1) is 13.2. The van der Waals surface area contributed by atoms with Gasteiger partial charge in [-0.2, -0.15) is 0 Å². The van der Waals surface area contributed by atoms with Gasteiger partial charge in [-0.25, -0.2) is 0 Å². The molecule has 0 atom stereocenters. The summed E-state index contributed by atoms with van der Waals surface area (Å²) in [5.74, 6) is 1.65. The minimum absolute atomic E-state index is 0.0242. The molecule has 0 amide bonds. The lowest BCUT2D eigenvalue weighted by atomic mass is 9.84. The highest BCUT2D eigenvalue weighted by atomic mass is 16.7. The summed E-state index contributed by atoms with van der Waals surface area (Å²) in [7, 11) is 0. The lowest BCUT2D eigenvalue weighted by Gasteiger charge is -2.26. The molecule has 2 N–H and O–H groups in total. The SMILES string of the molecule is CC(C)(CNCCCO)c1ccc2c(c1)OCO2. The van der Waals surface area contributed by atoms with E-state index in [0.717, 1.165) is 31.0 Å². The number of benzene rings is 1. The van der Waals surface area contributed by atoms with E-state index in [1.807, 2.05) is 6.07 Å². The van der Waals surface area contributed by atoms with Gasteiger partial charge < -0.3 is 19.9 Å². The molecule has 1 aromatic carbocycles. The van der Waals surface area contributed by atoms with Crippen molar-refractivity contribution in [2.75, 3.05) is 26.5 Å². The fourth-order valence-corrected chi connectivity index (χ4v) is 2.02. The topological polar surface area (TPSA) is 50.7 Å². The lowest BCUT2D eigenvalue weighted by Crippen LogP contribution is -2.33. The zero-order valence-electron chi connectivity index (χ0n) is 11.0. The molecule has 0 fully saturated rings. The third-order valence-electron chi connectivity index (χ3n) is 3.23. The molecule has 0 spiro atoms. The zero-order chi connectivity index (χ0) is 13.0. The Morgan fingerprint density at radius 1 is 1.28 bits per heavy atom. The standard InChI is InChI=1S/C14H21NO3/c1-14(2,9-15-6-3-7-16)11-4-5-12-13(8-11)18-10-17-12/h4-5,8,15-16H,3,6-7,9-10H2,1-2H3. The Morgan fingerprint density at radius 2 is 2.06 bits per heavy atom. The minimum atomic E-state index is 0.0242. The molecule has 0 saturated carbocycles. The van der Waals surface area contributed by atoms with Crippen molar-refractivity contribution in [2.24, 2.45) is 0 Å². The van der Waals surface area contributed by atoms with Crippen molar-refractivity contribution < 1.29 is 14.6 Å². The van der Waals surface area contributed by atoms with Crippen LogP contribution in [0.15, 0.2) is 18.2 Å². The molecule has 2 rings (SSSR count). The fraction of sp³-hybridized carbons (Fsp3) is 0.571. The number of fused-ring (bicyclic) bond motifs is 1. The molecule has 0 saturated heterocycles. The maximum Gasteiger partial charge on any atom is 0.231 e. The van der Waals surface area contributed by atoms with Gasteiger partial charge in [0.2, 0.25) is 6.79 Å². The Hall–Kier alpha value is -1.26. The Kier molecular flexibility index (Phi) is 4.09. The summed E-state index contributed by atoms with van der Waals surface area (Å²) < 4.78 is 10.7. The molecule has 18 heavy (non-hydrogen) atoms. The van der Waals surface area contributed by atoms with Crippen LogP contribution in [0.3, 0.4) is 0 Å². The molecule has 0 aliphatic carbocycles. The summed E-state index contributed by atoms with van der Waals surface area (Å²) in [6.07, 6.45) is 0.789. The van der Waals surface area contributed by atoms with Crippen LogP contribution in [0.2, 0.25) is 0 Å². The van der Waals surface area contributed by atoms with E-state index >= 15 is 0 Å². The first-order valence-electron chi connectivity index (χ1n) is 6.35. The van der Waals surface area contributed by atoms with Gasteiger partial charge in [-0.15, -0.1) is 0 Å². The molecule has 1 aliphatic rings. The summed E-state index contributed by atoms with van der Waals surface area (Å²) in [6, 6.07) is 6.10. The molecule has 0 radical (unpaired) electrons. The Labute approximate surface area is 108 Å². The van der Waals surface area contributed by atoms with Gasteiger partial charge >= 0.3 is 0 Å². The highest BCUT2D eigenvalue weighted by Crippen LogP contribution is 2.36. The number of aliphatic hydroxyl groups is 1. The summed E-state index contributed by atoms with van der Waals surface area (Å²) >= 11 is 0. The van der Waals surface area contributed by atoms with Crippen molar-refractivity contribution in [2.45, 2.75) is 25.7 Å². The van der Waals surface area contributed by atoms with E-state index in [2.05, 4.69) is 31.3 Å². The van der Waals surface area contributed by atoms with Crippen molar-refractivity contribution in [1.82, 2.24) is 5.32 Å². The zero-order valence-corrected chi connectivity index (χ0v) is 11.0. The van der Waals surface area contributed by atoms with Gasteiger partial charge in [0, 0.05) is 18.6 Å². The molecule has 0 bridgehead atoms. The van der Waals surface area contributed by atoms with Crippen molar-refractivity contribution in [3.63, 3.8) is 0 Å². The first-order chi connectivity index (χ1) is 8.63. The van der Waals surface area contributed by atoms with E-state index in [0.29, 0.717) is 6.79 Å². The number of nitrogens with one attached hydrogen (secondary N) is 1. The predicted octanol–water partition coefficient (Wildman–Crippen LogP) is 1.66. The van der Waals surface area contributed by atoms with E-state index in [4.69, 9.17) is 14.6 Å². The van der Waals surface area contributed by atoms with E-state index < -0.39 is 0 Å². The Morgan fingerprint density at radius 3 is 2.83 bits per heavy atom. The average Bonchev–Trinajstić information content (AvgIpc) is 2.82. The van der Waals surface area contributed by atoms with E-state index in [-0.39, 0.29) is 12.0 Å². The normalized spacial score (nSPS) is 13.9. The number of rotatable bonds is 6. The second-order valence-electron chi connectivity index (χ2n) is 5.21. The first-order valence-corrected chi connectivity index (χ1v) is 6.35. The molecule has 1 aliphatic heterocycles. The van der Waals surface area contributed by atoms with Crippen LogP contribution in [0.25, 0.3) is 0 Å². The van der Waals surface area contributed by atoms with Crippen molar-refractivity contribution in [3.8, 4) is 11.5 Å². The summed E-state index contributed by atoms with van der Waals surface area (Å²) in [6.45, 7) is 6.63. The van der Waals surface area contributed by atoms with E-state index in [1.165, 1.54) is 5.56 Å². The van der Waals surface area contributed by atoms with Crippen LogP contribution in [0.5, 0.6) is 11.5 Å². The third kappa shape index (κ3) is 2.94. The van der Waals surface area contributed by atoms with Crippen molar-refractivity contribution in [3.05, 3.63) is 23.8 Å². The van der Waals surface area contributed by atoms with Crippen LogP contribution in [0.4, 0.5) is 0 Å². The number of aliphatic hydroxyl groups excluding tert-OH is 1. The highest BCUT2D eigenvalue weighted by molar-refractivity contribution is 5.46. The molecule has 1 aromatic rings. The van der Waals surface area contributed by atoms with Crippen molar-refractivity contribution in [1.29, 1.82) is 0 Å². The van der Waals surface area contributed by atoms with Gasteiger partial charge in [0.25, 0.3) is 0 Å². The molecular formula is C14H21NO3. The molecule has 4 nitrogen and oxygen atoms in total. The van der Waals surface area contributed by atoms with Crippen LogP contribution in [0.1, 0.15) is 25.8 Å². The molecule has 0 aromatic heterocycles. The number of hydrogen-bond acceptors (Lipinski definition) is 4. The van der Waals surface area contributed by atoms with Gasteiger partial charge in [0.1, 0.15) is 0 Å². The summed E-state index contributed by atoms with van der Waals surface area (Å²) in [4.78, 5) is 0. The maximum absolute atomic E-state index is 8.75. The second-order valence-corrected chi connectivity index (χ2v) is 5.21. The smallest absolute Gasteiger partial charge is 0.231 e. The summed E-state index contributed by atoms with van der Waals surface area (Å²) in [5, 5.41) is 12.1. The largest absolute Gasteiger partial charge is 0.454 e. The number of hydrogen-bond donors (Lipinski definition) is 2. The fourth-order valence-electron chi connectivity index (χ4n) is 2.02. The van der Waals surface area contributed by atoms with Crippen LogP contribution < -0.4 is 14.8 Å². The van der Waals surface area contributed by atoms with Crippen molar-refractivity contribution >= 4 is 0 Å². The van der Waals surface area contributed by atoms with E-state index in [1.54, 1.807) is 0 Å². The van der Waals surface area contributed by atoms with Gasteiger partial charge in [0.05, 0.1) is 0 Å². The third-order valence-corrected chi connectivity index (χ3v) is 3.23. The minimum Gasteiger partial charge on any atom is -0.454 e. The van der Waals surface area contributed by atoms with Crippen LogP contribution in [-0.4, -0.2) is 31.6 Å². The van der Waals surface area contributed by atoms with Crippen LogP contribution >= 0.6 is 0 Å². The Bertz CT molecular complexity index is 404. The average molecular weight is 251 g/mol. The predicted molar refractivity (Wildman–Crippen MR) is 70.2 cm³/mol. The van der Waals surface area contributed by atoms with Gasteiger partial charge in [-0.05, 0) is 30.7 Å². The number of ether oxygens (including phenoxy) is 2. The van der Waals surface area contributed by atoms with Crippen LogP contribution in [0, 0.1) is 0 Å². The molecular weight excluding hydrogens is 230 g/mol. The quantitative estimate of drug-likeness (QED) is 0.755. The highest BCUT2D eigenvalue weighted by Gasteiger charge is 2.23. The molecule has 0 unspecified atom stereocenters. The summed E-state index contributed by atoms with van der Waals surface area (Å²) in [5.41, 5.74) is 1.25. The van der Waals surface area contributed by atoms with Gasteiger partial charge in [0.15, 0.2) is 11.5 Å². The van der Waals surface area contributed by atoms with Gasteiger partial charge in [-0.3, -0.25) is 0 Å². The monoisotopic (exact) mass is 251 g/mol. The maximum atomic E-state index is 8.75. The van der Waals surface area contributed by atoms with Gasteiger partial charge in [-0.1, -0.05) is 19.9 Å². The molecule has 1 heterocycles. The van der Waals surface area contributed by atoms with Crippen LogP contribution in [-0.2, 0) is 5.41 Å². The second kappa shape index (κ2) is 5.59. The lowest BCUT2D eigenvalue weighted by molar-refractivity contribution is 0.174. The van der Waals surface area contributed by atoms with E-state index in [9.17, 15) is 0 Å².